The van der Waals surface area contributed by atoms with Gasteiger partial charge in [0, 0.05) is 24.7 Å². The van der Waals surface area contributed by atoms with Crippen molar-refractivity contribution in [2.45, 2.75) is 70.7 Å². The van der Waals surface area contributed by atoms with Gasteiger partial charge in [0.25, 0.3) is 0 Å². The Morgan fingerprint density at radius 1 is 1.32 bits per heavy atom. The molecule has 1 amide bonds. The van der Waals surface area contributed by atoms with Gasteiger partial charge in [-0.25, -0.2) is 4.98 Å². The van der Waals surface area contributed by atoms with E-state index in [1.807, 2.05) is 0 Å². The van der Waals surface area contributed by atoms with Crippen LogP contribution in [0.2, 0.25) is 0 Å². The highest BCUT2D eigenvalue weighted by atomic mass is 19.4. The minimum atomic E-state index is -4.39. The summed E-state index contributed by atoms with van der Waals surface area (Å²) < 4.78 is 43.2. The number of nitrogens with one attached hydrogen (secondary N) is 1. The molecule has 4 nitrogen and oxygen atoms in total. The van der Waals surface area contributed by atoms with Crippen LogP contribution in [0, 0.1) is 5.92 Å². The lowest BCUT2D eigenvalue weighted by atomic mass is 9.92. The lowest BCUT2D eigenvalue weighted by molar-refractivity contribution is -0.137. The number of rotatable bonds is 6. The fraction of sp³-hybridized carbons (Fsp3) is 0.667. The molecular weight excluding hydrogens is 333 g/mol. The minimum Gasteiger partial charge on any atom is -0.474 e. The molecule has 0 spiro atoms. The topological polar surface area (TPSA) is 51.2 Å². The Balaban J connectivity index is 1.76. The number of ether oxygens (including phenoxy) is 1. The summed E-state index contributed by atoms with van der Waals surface area (Å²) >= 11 is 0. The molecule has 1 aromatic heterocycles. The van der Waals surface area contributed by atoms with Gasteiger partial charge < -0.3 is 10.1 Å². The van der Waals surface area contributed by atoms with Crippen LogP contribution < -0.4 is 10.1 Å². The molecule has 1 heterocycles. The summed E-state index contributed by atoms with van der Waals surface area (Å²) in [6.45, 7) is 4.12. The highest BCUT2D eigenvalue weighted by molar-refractivity contribution is 5.76. The third kappa shape index (κ3) is 6.21. The Bertz CT molecular complexity index is 552. The third-order valence-corrected chi connectivity index (χ3v) is 4.62. The summed E-state index contributed by atoms with van der Waals surface area (Å²) in [4.78, 5) is 15.7. The highest BCUT2D eigenvalue weighted by Crippen LogP contribution is 2.30. The third-order valence-electron chi connectivity index (χ3n) is 4.62. The van der Waals surface area contributed by atoms with Crippen LogP contribution in [-0.4, -0.2) is 23.0 Å². The number of alkyl halides is 3. The largest absolute Gasteiger partial charge is 0.474 e. The summed E-state index contributed by atoms with van der Waals surface area (Å²) in [6.07, 6.45) is 0.944. The average Bonchev–Trinajstić information content (AvgIpc) is 2.56. The molecule has 1 N–H and O–H groups in total. The molecule has 0 bridgehead atoms. The van der Waals surface area contributed by atoms with E-state index < -0.39 is 11.7 Å². The Morgan fingerprint density at radius 3 is 2.52 bits per heavy atom. The van der Waals surface area contributed by atoms with Crippen LogP contribution in [0.3, 0.4) is 0 Å². The fourth-order valence-corrected chi connectivity index (χ4v) is 2.86. The standard InChI is InChI=1S/C18H25F3N2O2/c1-3-12(2)10-16(24)23-14-5-7-15(8-6-14)25-17-9-4-13(11-22-17)18(19,20)21/h4,9,11-12,14-15H,3,5-8,10H2,1-2H3,(H,23,24). The predicted molar refractivity (Wildman–Crippen MR) is 88.1 cm³/mol. The van der Waals surface area contributed by atoms with Crippen LogP contribution in [0.25, 0.3) is 0 Å². The van der Waals surface area contributed by atoms with Gasteiger partial charge in [-0.15, -0.1) is 0 Å². The van der Waals surface area contributed by atoms with Gasteiger partial charge in [0.1, 0.15) is 6.10 Å². The quantitative estimate of drug-likeness (QED) is 0.823. The van der Waals surface area contributed by atoms with Crippen molar-refractivity contribution in [3.8, 4) is 5.88 Å². The SMILES string of the molecule is CCC(C)CC(=O)NC1CCC(Oc2ccc(C(F)(F)F)cn2)CC1. The summed E-state index contributed by atoms with van der Waals surface area (Å²) in [7, 11) is 0. The molecule has 0 radical (unpaired) electrons. The first-order valence-electron chi connectivity index (χ1n) is 8.77. The highest BCUT2D eigenvalue weighted by Gasteiger charge is 2.31. The number of halogens is 3. The van der Waals surface area contributed by atoms with Gasteiger partial charge in [0.2, 0.25) is 11.8 Å². The first-order valence-corrected chi connectivity index (χ1v) is 8.77. The lowest BCUT2D eigenvalue weighted by Gasteiger charge is -2.29. The van der Waals surface area contributed by atoms with Gasteiger partial charge in [0.05, 0.1) is 5.56 Å². The molecule has 2 rings (SSSR count). The molecule has 0 aromatic carbocycles. The van der Waals surface area contributed by atoms with Crippen molar-refractivity contribution in [3.63, 3.8) is 0 Å². The summed E-state index contributed by atoms with van der Waals surface area (Å²) in [6, 6.07) is 2.38. The predicted octanol–water partition coefficient (Wildman–Crippen LogP) is 4.34. The van der Waals surface area contributed by atoms with Crippen LogP contribution >= 0.6 is 0 Å². The van der Waals surface area contributed by atoms with Gasteiger partial charge in [-0.05, 0) is 37.7 Å². The average molecular weight is 358 g/mol. The first kappa shape index (κ1) is 19.5. The molecule has 25 heavy (non-hydrogen) atoms. The van der Waals surface area contributed by atoms with E-state index in [1.165, 1.54) is 6.07 Å². The molecule has 1 unspecified atom stereocenters. The zero-order valence-electron chi connectivity index (χ0n) is 14.6. The van der Waals surface area contributed by atoms with Crippen molar-refractivity contribution in [1.82, 2.24) is 10.3 Å². The molecule has 1 fully saturated rings. The molecule has 7 heteroatoms. The van der Waals surface area contributed by atoms with Crippen molar-refractivity contribution in [1.29, 1.82) is 0 Å². The van der Waals surface area contributed by atoms with E-state index in [0.717, 1.165) is 44.4 Å². The maximum absolute atomic E-state index is 12.5. The van der Waals surface area contributed by atoms with E-state index in [4.69, 9.17) is 4.74 Å². The minimum absolute atomic E-state index is 0.0769. The molecule has 0 aliphatic heterocycles. The number of nitrogens with zero attached hydrogens (tertiary/aromatic N) is 1. The smallest absolute Gasteiger partial charge is 0.417 e. The van der Waals surface area contributed by atoms with E-state index in [-0.39, 0.29) is 23.9 Å². The van der Waals surface area contributed by atoms with Gasteiger partial charge in [-0.3, -0.25) is 4.79 Å². The van der Waals surface area contributed by atoms with Crippen LogP contribution in [0.1, 0.15) is 57.9 Å². The van der Waals surface area contributed by atoms with E-state index in [1.54, 1.807) is 0 Å². The first-order chi connectivity index (χ1) is 11.8. The van der Waals surface area contributed by atoms with E-state index in [9.17, 15) is 18.0 Å². The number of amides is 1. The number of carbonyl (C=O) groups excluding carboxylic acids is 1. The number of carbonyl (C=O) groups is 1. The number of pyridine rings is 1. The molecular formula is C18H25F3N2O2. The molecule has 1 aliphatic rings. The van der Waals surface area contributed by atoms with E-state index in [0.29, 0.717) is 12.3 Å². The van der Waals surface area contributed by atoms with Crippen molar-refractivity contribution in [3.05, 3.63) is 23.9 Å². The Morgan fingerprint density at radius 2 is 2.00 bits per heavy atom. The van der Waals surface area contributed by atoms with Crippen LogP contribution in [0.15, 0.2) is 18.3 Å². The fourth-order valence-electron chi connectivity index (χ4n) is 2.86. The van der Waals surface area contributed by atoms with Crippen LogP contribution in [0.4, 0.5) is 13.2 Å². The summed E-state index contributed by atoms with van der Waals surface area (Å²) in [5.41, 5.74) is -0.785. The number of aromatic nitrogens is 1. The Kier molecular flexibility index (Phi) is 6.67. The summed E-state index contributed by atoms with van der Waals surface area (Å²) in [5.74, 6) is 0.672. The molecule has 1 saturated carbocycles. The van der Waals surface area contributed by atoms with Gasteiger partial charge in [-0.2, -0.15) is 13.2 Å². The van der Waals surface area contributed by atoms with Crippen LogP contribution in [0.5, 0.6) is 5.88 Å². The maximum atomic E-state index is 12.5. The van der Waals surface area contributed by atoms with Crippen molar-refractivity contribution in [2.75, 3.05) is 0 Å². The van der Waals surface area contributed by atoms with Crippen molar-refractivity contribution in [2.24, 2.45) is 5.92 Å². The molecule has 1 atom stereocenters. The second kappa shape index (κ2) is 8.54. The monoisotopic (exact) mass is 358 g/mol. The van der Waals surface area contributed by atoms with Crippen molar-refractivity contribution >= 4 is 5.91 Å². The second-order valence-corrected chi connectivity index (χ2v) is 6.76. The molecule has 0 saturated heterocycles. The number of hydrogen-bond acceptors (Lipinski definition) is 3. The normalized spacial score (nSPS) is 22.3. The van der Waals surface area contributed by atoms with E-state index in [2.05, 4.69) is 24.1 Å². The number of hydrogen-bond donors (Lipinski definition) is 1. The van der Waals surface area contributed by atoms with E-state index >= 15 is 0 Å². The maximum Gasteiger partial charge on any atom is 0.417 e. The van der Waals surface area contributed by atoms with Gasteiger partial charge in [0.15, 0.2) is 0 Å². The lowest BCUT2D eigenvalue weighted by Crippen LogP contribution is -2.40. The van der Waals surface area contributed by atoms with Gasteiger partial charge >= 0.3 is 6.18 Å². The summed E-state index contributed by atoms with van der Waals surface area (Å²) in [5, 5.41) is 3.06. The zero-order chi connectivity index (χ0) is 18.4. The molecule has 1 aliphatic carbocycles. The second-order valence-electron chi connectivity index (χ2n) is 6.76. The van der Waals surface area contributed by atoms with Gasteiger partial charge in [-0.1, -0.05) is 20.3 Å². The molecule has 1 aromatic rings. The van der Waals surface area contributed by atoms with Crippen molar-refractivity contribution < 1.29 is 22.7 Å². The molecule has 140 valence electrons. The Labute approximate surface area is 146 Å². The Hall–Kier alpha value is -1.79. The zero-order valence-corrected chi connectivity index (χ0v) is 14.6. The van der Waals surface area contributed by atoms with Crippen LogP contribution in [-0.2, 0) is 11.0 Å².